The van der Waals surface area contributed by atoms with E-state index in [9.17, 15) is 14.7 Å². The first kappa shape index (κ1) is 17.3. The number of urea groups is 1. The van der Waals surface area contributed by atoms with E-state index in [4.69, 9.17) is 5.11 Å². The minimum atomic E-state index is -0.867. The second-order valence-corrected chi connectivity index (χ2v) is 6.59. The van der Waals surface area contributed by atoms with Gasteiger partial charge >= 0.3 is 12.0 Å². The molecule has 1 heterocycles. The van der Waals surface area contributed by atoms with Gasteiger partial charge in [0.1, 0.15) is 0 Å². The molecule has 1 aromatic carbocycles. The highest BCUT2D eigenvalue weighted by molar-refractivity contribution is 5.76. The number of nitrogens with one attached hydrogen (secondary N) is 1. The molecule has 0 aromatic heterocycles. The van der Waals surface area contributed by atoms with Crippen molar-refractivity contribution in [1.82, 2.24) is 10.2 Å². The number of carbonyl (C=O) groups is 2. The molecule has 0 radical (unpaired) electrons. The normalized spacial score (nSPS) is 17.2. The Kier molecular flexibility index (Phi) is 5.60. The molecule has 1 aromatic rings. The first-order valence-electron chi connectivity index (χ1n) is 7.84. The van der Waals surface area contributed by atoms with Crippen LogP contribution in [0.1, 0.15) is 25.3 Å². The number of carboxylic acids is 1. The minimum absolute atomic E-state index is 0.0200. The maximum Gasteiger partial charge on any atom is 0.317 e. The smallest absolute Gasteiger partial charge is 0.317 e. The van der Waals surface area contributed by atoms with E-state index in [1.54, 1.807) is 4.90 Å². The van der Waals surface area contributed by atoms with Crippen LogP contribution in [0, 0.1) is 5.41 Å². The Hall–Kier alpha value is -2.08. The van der Waals surface area contributed by atoms with Gasteiger partial charge < -0.3 is 20.4 Å². The second kappa shape index (κ2) is 7.46. The highest BCUT2D eigenvalue weighted by atomic mass is 16.4. The summed E-state index contributed by atoms with van der Waals surface area (Å²) in [6, 6.07) is 9.29. The Balaban J connectivity index is 1.91. The molecular weight excluding hydrogens is 296 g/mol. The Morgan fingerprint density at radius 3 is 2.52 bits per heavy atom. The zero-order valence-electron chi connectivity index (χ0n) is 13.4. The van der Waals surface area contributed by atoms with Gasteiger partial charge in [0, 0.05) is 31.0 Å². The van der Waals surface area contributed by atoms with Gasteiger partial charge in [0.2, 0.25) is 0 Å². The lowest BCUT2D eigenvalue weighted by molar-refractivity contribution is -0.137. The molecule has 1 fully saturated rings. The van der Waals surface area contributed by atoms with Crippen LogP contribution in [-0.4, -0.2) is 52.9 Å². The largest absolute Gasteiger partial charge is 0.481 e. The average molecular weight is 320 g/mol. The zero-order chi connectivity index (χ0) is 16.9. The fourth-order valence-electron chi connectivity index (χ4n) is 2.81. The van der Waals surface area contributed by atoms with Crippen molar-refractivity contribution in [2.75, 3.05) is 19.7 Å². The van der Waals surface area contributed by atoms with Crippen LogP contribution in [0.4, 0.5) is 4.79 Å². The molecule has 2 rings (SSSR count). The molecule has 1 atom stereocenters. The van der Waals surface area contributed by atoms with Crippen LogP contribution in [-0.2, 0) is 11.2 Å². The van der Waals surface area contributed by atoms with Gasteiger partial charge in [0.25, 0.3) is 0 Å². The summed E-state index contributed by atoms with van der Waals surface area (Å²) in [5.74, 6) is -0.867. The van der Waals surface area contributed by atoms with Crippen molar-refractivity contribution in [3.05, 3.63) is 35.9 Å². The fraction of sp³-hybridized carbons (Fsp3) is 0.529. The third kappa shape index (κ3) is 4.96. The van der Waals surface area contributed by atoms with E-state index in [0.717, 1.165) is 5.56 Å². The van der Waals surface area contributed by atoms with Crippen LogP contribution in [0.3, 0.4) is 0 Å². The van der Waals surface area contributed by atoms with Gasteiger partial charge in [0.15, 0.2) is 0 Å². The number of aliphatic carboxylic acids is 1. The summed E-state index contributed by atoms with van der Waals surface area (Å²) >= 11 is 0. The van der Waals surface area contributed by atoms with Crippen LogP contribution in [0.15, 0.2) is 30.3 Å². The predicted molar refractivity (Wildman–Crippen MR) is 86.1 cm³/mol. The van der Waals surface area contributed by atoms with Crippen molar-refractivity contribution < 1.29 is 19.8 Å². The van der Waals surface area contributed by atoms with Crippen LogP contribution in [0.2, 0.25) is 0 Å². The van der Waals surface area contributed by atoms with E-state index in [2.05, 4.69) is 5.32 Å². The maximum absolute atomic E-state index is 12.3. The molecule has 0 saturated carbocycles. The second-order valence-electron chi connectivity index (χ2n) is 6.59. The third-order valence-corrected chi connectivity index (χ3v) is 4.17. The number of hydrogen-bond donors (Lipinski definition) is 3. The van der Waals surface area contributed by atoms with E-state index in [0.29, 0.717) is 25.9 Å². The van der Waals surface area contributed by atoms with Crippen molar-refractivity contribution in [3.63, 3.8) is 0 Å². The summed E-state index contributed by atoms with van der Waals surface area (Å²) in [7, 11) is 0. The van der Waals surface area contributed by atoms with Gasteiger partial charge in [-0.15, -0.1) is 0 Å². The number of nitrogens with zero attached hydrogens (tertiary/aromatic N) is 1. The number of rotatable bonds is 7. The van der Waals surface area contributed by atoms with Gasteiger partial charge in [-0.05, 0) is 18.4 Å². The lowest BCUT2D eigenvalue weighted by Crippen LogP contribution is -2.62. The molecule has 0 spiro atoms. The van der Waals surface area contributed by atoms with Crippen LogP contribution in [0.25, 0.3) is 0 Å². The van der Waals surface area contributed by atoms with E-state index in [-0.39, 0.29) is 30.5 Å². The predicted octanol–water partition coefficient (Wildman–Crippen LogP) is 1.49. The molecule has 1 saturated heterocycles. The summed E-state index contributed by atoms with van der Waals surface area (Å²) in [6.07, 6.45) is 1.01. The first-order valence-corrected chi connectivity index (χ1v) is 7.84. The molecule has 0 bridgehead atoms. The molecule has 1 aliphatic heterocycles. The number of carbonyl (C=O) groups excluding carboxylic acids is 1. The van der Waals surface area contributed by atoms with E-state index in [1.165, 1.54) is 0 Å². The summed E-state index contributed by atoms with van der Waals surface area (Å²) in [5.41, 5.74) is 0.847. The van der Waals surface area contributed by atoms with Crippen LogP contribution in [0.5, 0.6) is 0 Å². The fourth-order valence-corrected chi connectivity index (χ4v) is 2.81. The Labute approximate surface area is 136 Å². The zero-order valence-corrected chi connectivity index (χ0v) is 13.4. The standard InChI is InChI=1S/C17H24N2O4/c1-17(12-20)10-19(11-17)16(23)18-14(7-8-15(21)22)9-13-5-3-2-4-6-13/h2-6,14,20H,7-12H2,1H3,(H,18,23)(H,21,22). The topological polar surface area (TPSA) is 89.9 Å². The van der Waals surface area contributed by atoms with Crippen molar-refractivity contribution in [3.8, 4) is 0 Å². The number of likely N-dealkylation sites (tertiary alicyclic amines) is 1. The first-order chi connectivity index (χ1) is 10.9. The third-order valence-electron chi connectivity index (χ3n) is 4.17. The Morgan fingerprint density at radius 1 is 1.30 bits per heavy atom. The van der Waals surface area contributed by atoms with E-state index in [1.807, 2.05) is 37.3 Å². The lowest BCUT2D eigenvalue weighted by Gasteiger charge is -2.47. The summed E-state index contributed by atoms with van der Waals surface area (Å²) in [4.78, 5) is 24.7. The molecule has 1 unspecified atom stereocenters. The highest BCUT2D eigenvalue weighted by Gasteiger charge is 2.41. The van der Waals surface area contributed by atoms with Gasteiger partial charge in [-0.1, -0.05) is 37.3 Å². The Morgan fingerprint density at radius 2 is 1.96 bits per heavy atom. The van der Waals surface area contributed by atoms with Gasteiger partial charge in [-0.3, -0.25) is 4.79 Å². The molecule has 3 N–H and O–H groups in total. The molecule has 126 valence electrons. The average Bonchev–Trinajstić information content (AvgIpc) is 2.50. The Bertz CT molecular complexity index is 541. The summed E-state index contributed by atoms with van der Waals surface area (Å²) in [6.45, 7) is 3.03. The number of carboxylic acid groups (broad SMARTS) is 1. The number of hydrogen-bond acceptors (Lipinski definition) is 3. The van der Waals surface area contributed by atoms with Crippen molar-refractivity contribution in [1.29, 1.82) is 0 Å². The maximum atomic E-state index is 12.3. The molecule has 6 heteroatoms. The van der Waals surface area contributed by atoms with Gasteiger partial charge in [0.05, 0.1) is 6.61 Å². The van der Waals surface area contributed by atoms with Crippen molar-refractivity contribution in [2.24, 2.45) is 5.41 Å². The number of benzene rings is 1. The minimum Gasteiger partial charge on any atom is -0.481 e. The van der Waals surface area contributed by atoms with E-state index >= 15 is 0 Å². The molecule has 23 heavy (non-hydrogen) atoms. The van der Waals surface area contributed by atoms with Gasteiger partial charge in [-0.25, -0.2) is 4.79 Å². The quantitative estimate of drug-likeness (QED) is 0.710. The lowest BCUT2D eigenvalue weighted by atomic mass is 9.83. The molecule has 6 nitrogen and oxygen atoms in total. The summed E-state index contributed by atoms with van der Waals surface area (Å²) < 4.78 is 0. The molecule has 1 aliphatic rings. The number of aliphatic hydroxyl groups excluding tert-OH is 1. The van der Waals surface area contributed by atoms with Gasteiger partial charge in [-0.2, -0.15) is 0 Å². The van der Waals surface area contributed by atoms with Crippen LogP contribution >= 0.6 is 0 Å². The molecular formula is C17H24N2O4. The number of aliphatic hydroxyl groups is 1. The summed E-state index contributed by atoms with van der Waals surface area (Å²) in [5, 5.41) is 21.0. The highest BCUT2D eigenvalue weighted by Crippen LogP contribution is 2.28. The van der Waals surface area contributed by atoms with Crippen molar-refractivity contribution in [2.45, 2.75) is 32.2 Å². The molecule has 2 amide bonds. The van der Waals surface area contributed by atoms with Crippen molar-refractivity contribution >= 4 is 12.0 Å². The van der Waals surface area contributed by atoms with Crippen LogP contribution < -0.4 is 5.32 Å². The number of amides is 2. The monoisotopic (exact) mass is 320 g/mol. The van der Waals surface area contributed by atoms with E-state index < -0.39 is 5.97 Å². The SMILES string of the molecule is CC1(CO)CN(C(=O)NC(CCC(=O)O)Cc2ccccc2)C1. The molecule has 0 aliphatic carbocycles.